The number of ether oxygens (including phenoxy) is 11. The number of aliphatic hydroxyl groups excluding tert-OH is 4. The average Bonchev–Trinajstić information content (AvgIpc) is 1.32. The van der Waals surface area contributed by atoms with E-state index in [4.69, 9.17) is 56.9 Å². The number of methoxy groups -OCH3 is 4. The molecule has 6 aliphatic rings. The molecule has 0 saturated carbocycles. The number of carbonyl (C=O) groups is 4. The van der Waals surface area contributed by atoms with Crippen LogP contribution >= 0.6 is 55.9 Å². The molecule has 4 aliphatic heterocycles. The number of halogens is 1. The molecule has 4 heterocycles. The summed E-state index contributed by atoms with van der Waals surface area (Å²) in [6.07, 6.45) is -12.8. The van der Waals surface area contributed by atoms with E-state index < -0.39 is 131 Å². The third-order valence-electron chi connectivity index (χ3n) is 16.0. The molecule has 0 spiro atoms. The molecule has 28 heteroatoms. The molecule has 494 valence electrons. The molecule has 89 heavy (non-hydrogen) atoms. The molecule has 1 aromatic rings. The van der Waals surface area contributed by atoms with Crippen molar-refractivity contribution in [2.75, 3.05) is 47.3 Å². The molecule has 19 atom stereocenters. The van der Waals surface area contributed by atoms with Crippen molar-refractivity contribution in [3.05, 3.63) is 49.6 Å². The van der Waals surface area contributed by atoms with Gasteiger partial charge < -0.3 is 88.1 Å². The number of carboxylic acids is 1. The van der Waals surface area contributed by atoms with Crippen molar-refractivity contribution in [1.82, 2.24) is 10.8 Å². The first kappa shape index (κ1) is 73.0. The number of ketones is 2. The van der Waals surface area contributed by atoms with Gasteiger partial charge in [-0.25, -0.2) is 0 Å². The maximum atomic E-state index is 14.5. The predicted octanol–water partition coefficient (Wildman–Crippen LogP) is 4.23. The highest BCUT2D eigenvalue weighted by atomic mass is 127. The molecule has 24 nitrogen and oxygen atoms in total. The number of hydrogen-bond donors (Lipinski definition) is 8. The zero-order valence-electron chi connectivity index (χ0n) is 51.8. The quantitative estimate of drug-likeness (QED) is 0.0212. The Morgan fingerprint density at radius 3 is 2.25 bits per heavy atom. The number of hydroxylamine groups is 1. The van der Waals surface area contributed by atoms with Crippen molar-refractivity contribution in [2.24, 2.45) is 0 Å². The van der Waals surface area contributed by atoms with Gasteiger partial charge in [-0.2, -0.15) is 5.48 Å². The van der Waals surface area contributed by atoms with E-state index in [1.165, 1.54) is 62.0 Å². The number of thioether (sulfide) groups is 1. The third kappa shape index (κ3) is 17.7. The summed E-state index contributed by atoms with van der Waals surface area (Å²) in [5.74, 6) is 10.2. The number of rotatable bonds is 26. The number of aliphatic carboxylic acids is 1. The molecule has 8 N–H and O–H groups in total. The second-order valence-electron chi connectivity index (χ2n) is 22.9. The first-order chi connectivity index (χ1) is 42.2. The van der Waals surface area contributed by atoms with Crippen LogP contribution in [0.2, 0.25) is 0 Å². The molecule has 0 unspecified atom stereocenters. The number of aliphatic hydroxyl groups is 5. The van der Waals surface area contributed by atoms with Crippen molar-refractivity contribution >= 4 is 78.6 Å². The number of carboxylic acid groups (broad SMARTS) is 1. The minimum absolute atomic E-state index is 0.0213. The third-order valence-corrected chi connectivity index (χ3v) is 21.9. The van der Waals surface area contributed by atoms with Gasteiger partial charge in [0.25, 0.3) is 0 Å². The van der Waals surface area contributed by atoms with Gasteiger partial charge in [-0.15, -0.1) is 0 Å². The first-order valence-electron chi connectivity index (χ1n) is 29.2. The highest BCUT2D eigenvalue weighted by Crippen LogP contribution is 2.49. The van der Waals surface area contributed by atoms with Crippen molar-refractivity contribution in [3.63, 3.8) is 0 Å². The van der Waals surface area contributed by atoms with Gasteiger partial charge >= 0.3 is 5.97 Å². The van der Waals surface area contributed by atoms with Gasteiger partial charge in [-0.1, -0.05) is 70.0 Å². The molecule has 4 saturated heterocycles. The van der Waals surface area contributed by atoms with Gasteiger partial charge in [0.05, 0.1) is 84.2 Å². The summed E-state index contributed by atoms with van der Waals surface area (Å²) in [6, 6.07) is -1.29. The van der Waals surface area contributed by atoms with Crippen LogP contribution in [0.15, 0.2) is 34.9 Å². The fourth-order valence-corrected chi connectivity index (χ4v) is 15.5. The van der Waals surface area contributed by atoms with Crippen LogP contribution in [0.5, 0.6) is 17.2 Å². The van der Waals surface area contributed by atoms with Crippen molar-refractivity contribution < 1.29 is 107 Å². The Kier molecular flexibility index (Phi) is 26.8. The van der Waals surface area contributed by atoms with Gasteiger partial charge in [0.15, 0.2) is 41.8 Å². The van der Waals surface area contributed by atoms with Crippen LogP contribution in [-0.2, 0) is 57.1 Å². The molecule has 1 aromatic carbocycles. The number of carbonyl (C=O) groups excluding carboxylic acids is 3. The molecule has 7 rings (SSSR count). The lowest BCUT2D eigenvalue weighted by atomic mass is 9.72. The van der Waals surface area contributed by atoms with Crippen LogP contribution in [-0.4, -0.2) is 221 Å². The number of Topliss-reactive ketones (excluding diaryl/α,β-unsaturated/α-hetero) is 2. The van der Waals surface area contributed by atoms with Gasteiger partial charge in [-0.3, -0.25) is 24.0 Å². The smallest absolute Gasteiger partial charge is 0.303 e. The lowest BCUT2D eigenvalue weighted by Crippen LogP contribution is -2.65. The molecule has 4 fully saturated rings. The van der Waals surface area contributed by atoms with E-state index in [9.17, 15) is 49.8 Å². The molecular formula is C61H83IN2O22S3. The SMILES string of the molecule is CCN[C@H]1CO[C@@H](O[C@H]2[C@H](O[C@H]3C#C/C=C\C#C[C@]4(O)CC(=O)C(CC(C)=O)=C3/C4=C\CSSC(C)(C)CCC(=O)O)O[C@H](C)[C@@H](NO[C@H]3C[C@H](O)[C@H](SC(=O)c4c(C)c(I)c(O[C@@H]5O[C@@H](C)[C@H](O)[C@@H](OC)[C@H]5O)c(OC)c4OC)[C@@H](C)O3)[C@@H]2O)C[C@@H]1OC. The molecule has 2 bridgehead atoms. The van der Waals surface area contributed by atoms with E-state index in [-0.39, 0.29) is 95.5 Å². The summed E-state index contributed by atoms with van der Waals surface area (Å²) in [6.45, 7) is 14.6. The number of nitrogens with one attached hydrogen (secondary N) is 2. The Labute approximate surface area is 544 Å². The summed E-state index contributed by atoms with van der Waals surface area (Å²) in [4.78, 5) is 59.3. The summed E-state index contributed by atoms with van der Waals surface area (Å²) < 4.78 is 67.4. The Balaban J connectivity index is 1.12. The summed E-state index contributed by atoms with van der Waals surface area (Å²) in [5, 5.41) is 69.8. The molecular weight excluding hydrogens is 1340 g/mol. The summed E-state index contributed by atoms with van der Waals surface area (Å²) in [5.41, 5.74) is 1.72. The standard InChI is InChI=1S/C61H83IN2O22S3/c1-13-63-36-28-79-42(26-40(36)75-9)84-54-49(71)47(31(4)81-59(54)83-39-18-16-14-15-17-21-61(74)27-38(67)34(24-29(2)65)45(39)35(61)20-23-87-89-60(7,8)22-19-41(68)69)64-86-43-25-37(66)56(33(6)80-43)88-57(73)44-30(3)46(62)52(55(78-12)51(44)76-10)85-58-50(72)53(77-11)48(70)32(5)82-58/h14-15,20,31-33,36-37,39-40,42-43,47-50,53-54,56,58-59,63-64,66,70-72,74H,13,19,22-28H2,1-12H3,(H,68,69)/b15-14-,35-20+/t31-,32+,33-,36+,37+,39+,40+,42+,43+,47-,48+,49+,50-,53-,54-,56-,58+,59+,61+/m1/s1. The van der Waals surface area contributed by atoms with Gasteiger partial charge in [0, 0.05) is 67.1 Å². The molecule has 2 aliphatic carbocycles. The van der Waals surface area contributed by atoms with Crippen LogP contribution in [0.1, 0.15) is 103 Å². The highest BCUT2D eigenvalue weighted by molar-refractivity contribution is 14.1. The van der Waals surface area contributed by atoms with E-state index in [1.807, 2.05) is 43.4 Å². The van der Waals surface area contributed by atoms with E-state index in [0.717, 1.165) is 11.8 Å². The van der Waals surface area contributed by atoms with E-state index >= 15 is 0 Å². The zero-order valence-corrected chi connectivity index (χ0v) is 56.4. The van der Waals surface area contributed by atoms with Crippen LogP contribution in [0.25, 0.3) is 0 Å². The lowest BCUT2D eigenvalue weighted by Gasteiger charge is -2.46. The molecule has 0 aromatic heterocycles. The number of hydrogen-bond acceptors (Lipinski definition) is 26. The Bertz CT molecular complexity index is 2920. The monoisotopic (exact) mass is 1420 g/mol. The van der Waals surface area contributed by atoms with E-state index in [2.05, 4.69) is 34.5 Å². The highest BCUT2D eigenvalue weighted by Gasteiger charge is 2.52. The zero-order chi connectivity index (χ0) is 65.2. The van der Waals surface area contributed by atoms with Crippen LogP contribution in [0.4, 0.5) is 0 Å². The van der Waals surface area contributed by atoms with Gasteiger partial charge in [0.1, 0.15) is 42.4 Å². The fourth-order valence-electron chi connectivity index (χ4n) is 11.3. The second kappa shape index (κ2) is 32.6. The maximum Gasteiger partial charge on any atom is 0.303 e. The normalized spacial score (nSPS) is 34.8. The number of allylic oxidation sites excluding steroid dienone is 3. The Hall–Kier alpha value is -3.42. The minimum atomic E-state index is -2.07. The number of fused-ring (bicyclic) bond motifs is 2. The average molecular weight is 1420 g/mol. The van der Waals surface area contributed by atoms with Crippen LogP contribution in [0, 0.1) is 34.2 Å². The predicted molar refractivity (Wildman–Crippen MR) is 337 cm³/mol. The minimum Gasteiger partial charge on any atom is -0.492 e. The van der Waals surface area contributed by atoms with Crippen molar-refractivity contribution in [3.8, 4) is 40.9 Å². The van der Waals surface area contributed by atoms with Crippen molar-refractivity contribution in [1.29, 1.82) is 0 Å². The van der Waals surface area contributed by atoms with E-state index in [0.29, 0.717) is 22.1 Å². The summed E-state index contributed by atoms with van der Waals surface area (Å²) in [7, 11) is 8.50. The largest absolute Gasteiger partial charge is 0.492 e. The Morgan fingerprint density at radius 1 is 0.888 bits per heavy atom. The number of likely N-dealkylation sites (N-methyl/N-ethyl adjacent to an activating group) is 1. The number of benzene rings is 1. The fraction of sp³-hybridized carbons (Fsp3) is 0.672. The first-order valence-corrected chi connectivity index (χ1v) is 33.5. The van der Waals surface area contributed by atoms with Gasteiger partial charge in [-0.05, 0) is 102 Å². The van der Waals surface area contributed by atoms with Crippen LogP contribution < -0.4 is 25.0 Å². The van der Waals surface area contributed by atoms with Crippen molar-refractivity contribution in [2.45, 2.75) is 214 Å². The Morgan fingerprint density at radius 2 is 1.60 bits per heavy atom. The second-order valence-corrected chi connectivity index (χ2v) is 28.2. The molecule has 0 amide bonds. The topological polar surface area (TPSA) is 324 Å². The lowest BCUT2D eigenvalue weighted by molar-refractivity contribution is -0.336. The maximum absolute atomic E-state index is 14.5. The van der Waals surface area contributed by atoms with Crippen LogP contribution in [0.3, 0.4) is 0 Å². The van der Waals surface area contributed by atoms with E-state index in [1.54, 1.807) is 40.9 Å². The summed E-state index contributed by atoms with van der Waals surface area (Å²) >= 11 is 2.82. The van der Waals surface area contributed by atoms with Gasteiger partial charge in [0.2, 0.25) is 17.2 Å². The molecule has 0 radical (unpaired) electrons.